The van der Waals surface area contributed by atoms with Gasteiger partial charge in [-0.2, -0.15) is 0 Å². The van der Waals surface area contributed by atoms with Crippen molar-refractivity contribution >= 4 is 23.0 Å². The van der Waals surface area contributed by atoms with E-state index in [9.17, 15) is 0 Å². The maximum absolute atomic E-state index is 6.04. The summed E-state index contributed by atoms with van der Waals surface area (Å²) >= 11 is 6.04. The molecule has 2 aromatic carbocycles. The minimum atomic E-state index is 0.734. The molecular formula is C13H12ClN. The monoisotopic (exact) mass is 217 g/mol. The molecule has 1 N–H and O–H groups in total. The predicted molar refractivity (Wildman–Crippen MR) is 65.9 cm³/mol. The van der Waals surface area contributed by atoms with Crippen LogP contribution in [0.3, 0.4) is 0 Å². The molecule has 2 rings (SSSR count). The molecule has 0 atom stereocenters. The quantitative estimate of drug-likeness (QED) is 0.787. The highest BCUT2D eigenvalue weighted by Crippen LogP contribution is 2.24. The lowest BCUT2D eigenvalue weighted by atomic mass is 10.2. The summed E-state index contributed by atoms with van der Waals surface area (Å²) in [4.78, 5) is 0. The first-order valence-electron chi connectivity index (χ1n) is 4.84. The smallest absolute Gasteiger partial charge is 0.0640 e. The van der Waals surface area contributed by atoms with Crippen LogP contribution in [0.1, 0.15) is 5.56 Å². The number of benzene rings is 2. The van der Waals surface area contributed by atoms with Crippen molar-refractivity contribution in [3.8, 4) is 0 Å². The number of nitrogens with one attached hydrogen (secondary N) is 1. The molecule has 0 heterocycles. The molecule has 0 unspecified atom stereocenters. The summed E-state index contributed by atoms with van der Waals surface area (Å²) in [5, 5.41) is 4.00. The van der Waals surface area contributed by atoms with Gasteiger partial charge in [-0.15, -0.1) is 0 Å². The van der Waals surface area contributed by atoms with Gasteiger partial charge in [0.05, 0.1) is 10.7 Å². The molecule has 0 aliphatic carbocycles. The van der Waals surface area contributed by atoms with E-state index in [1.54, 1.807) is 0 Å². The van der Waals surface area contributed by atoms with Crippen molar-refractivity contribution in [2.75, 3.05) is 5.32 Å². The fraction of sp³-hybridized carbons (Fsp3) is 0.0769. The fourth-order valence-electron chi connectivity index (χ4n) is 1.35. The minimum Gasteiger partial charge on any atom is -0.354 e. The molecule has 15 heavy (non-hydrogen) atoms. The number of rotatable bonds is 2. The number of anilines is 2. The van der Waals surface area contributed by atoms with E-state index in [2.05, 4.69) is 24.4 Å². The molecular weight excluding hydrogens is 206 g/mol. The number of para-hydroxylation sites is 1. The van der Waals surface area contributed by atoms with E-state index < -0.39 is 0 Å². The van der Waals surface area contributed by atoms with Gasteiger partial charge in [0, 0.05) is 5.69 Å². The van der Waals surface area contributed by atoms with Gasteiger partial charge in [0.25, 0.3) is 0 Å². The van der Waals surface area contributed by atoms with Crippen LogP contribution < -0.4 is 5.32 Å². The summed E-state index contributed by atoms with van der Waals surface area (Å²) in [6, 6.07) is 15.9. The van der Waals surface area contributed by atoms with Gasteiger partial charge < -0.3 is 5.32 Å². The Morgan fingerprint density at radius 1 is 0.933 bits per heavy atom. The van der Waals surface area contributed by atoms with Crippen LogP contribution >= 0.6 is 11.6 Å². The zero-order valence-electron chi connectivity index (χ0n) is 8.50. The van der Waals surface area contributed by atoms with E-state index >= 15 is 0 Å². The van der Waals surface area contributed by atoms with Gasteiger partial charge in [-0.05, 0) is 31.2 Å². The van der Waals surface area contributed by atoms with Crippen molar-refractivity contribution < 1.29 is 0 Å². The van der Waals surface area contributed by atoms with Crippen LogP contribution in [0.4, 0.5) is 11.4 Å². The van der Waals surface area contributed by atoms with Gasteiger partial charge in [-0.1, -0.05) is 41.4 Å². The lowest BCUT2D eigenvalue weighted by Gasteiger charge is -2.07. The molecule has 0 saturated carbocycles. The normalized spacial score (nSPS) is 10.0. The Kier molecular flexibility index (Phi) is 2.93. The van der Waals surface area contributed by atoms with Gasteiger partial charge in [-0.25, -0.2) is 0 Å². The maximum Gasteiger partial charge on any atom is 0.0640 e. The Morgan fingerprint density at radius 3 is 2.27 bits per heavy atom. The number of hydrogen-bond acceptors (Lipinski definition) is 1. The van der Waals surface area contributed by atoms with Crippen LogP contribution in [0, 0.1) is 6.92 Å². The third kappa shape index (κ3) is 2.51. The van der Waals surface area contributed by atoms with Crippen LogP contribution in [0.5, 0.6) is 0 Å². The summed E-state index contributed by atoms with van der Waals surface area (Å²) < 4.78 is 0. The Labute approximate surface area is 94.7 Å². The molecule has 0 aromatic heterocycles. The van der Waals surface area contributed by atoms with Crippen molar-refractivity contribution in [2.45, 2.75) is 6.92 Å². The second kappa shape index (κ2) is 4.37. The Balaban J connectivity index is 2.22. The molecule has 0 aliphatic rings. The average Bonchev–Trinajstić information content (AvgIpc) is 2.25. The van der Waals surface area contributed by atoms with E-state index in [-0.39, 0.29) is 0 Å². The van der Waals surface area contributed by atoms with E-state index in [0.29, 0.717) is 0 Å². The van der Waals surface area contributed by atoms with Gasteiger partial charge in [-0.3, -0.25) is 0 Å². The van der Waals surface area contributed by atoms with Crippen molar-refractivity contribution in [1.82, 2.24) is 0 Å². The van der Waals surface area contributed by atoms with E-state index in [1.807, 2.05) is 36.4 Å². The predicted octanol–water partition coefficient (Wildman–Crippen LogP) is 4.39. The summed E-state index contributed by atoms with van der Waals surface area (Å²) in [6.45, 7) is 2.07. The maximum atomic E-state index is 6.04. The highest BCUT2D eigenvalue weighted by atomic mass is 35.5. The van der Waals surface area contributed by atoms with Crippen molar-refractivity contribution in [1.29, 1.82) is 0 Å². The van der Waals surface area contributed by atoms with Crippen LogP contribution in [0.2, 0.25) is 5.02 Å². The largest absolute Gasteiger partial charge is 0.354 e. The van der Waals surface area contributed by atoms with Gasteiger partial charge in [0.15, 0.2) is 0 Å². The Hall–Kier alpha value is -1.47. The molecule has 0 bridgehead atoms. The Morgan fingerprint density at radius 2 is 1.60 bits per heavy atom. The molecule has 0 aliphatic heterocycles. The standard InChI is InChI=1S/C13H12ClN/c1-10-6-8-11(9-7-10)15-13-5-3-2-4-12(13)14/h2-9,15H,1H3. The molecule has 2 aromatic rings. The zero-order chi connectivity index (χ0) is 10.7. The van der Waals surface area contributed by atoms with Crippen LogP contribution in [0.15, 0.2) is 48.5 Å². The lowest BCUT2D eigenvalue weighted by molar-refractivity contribution is 1.45. The molecule has 0 saturated heterocycles. The van der Waals surface area contributed by atoms with Crippen LogP contribution in [-0.2, 0) is 0 Å². The highest BCUT2D eigenvalue weighted by molar-refractivity contribution is 6.33. The second-order valence-corrected chi connectivity index (χ2v) is 3.88. The second-order valence-electron chi connectivity index (χ2n) is 3.47. The zero-order valence-corrected chi connectivity index (χ0v) is 9.25. The highest BCUT2D eigenvalue weighted by Gasteiger charge is 1.98. The third-order valence-electron chi connectivity index (χ3n) is 2.20. The van der Waals surface area contributed by atoms with Crippen molar-refractivity contribution in [3.05, 3.63) is 59.1 Å². The molecule has 0 amide bonds. The average molecular weight is 218 g/mol. The molecule has 1 nitrogen and oxygen atoms in total. The summed E-state index contributed by atoms with van der Waals surface area (Å²) in [6.07, 6.45) is 0. The van der Waals surface area contributed by atoms with Crippen molar-refractivity contribution in [3.63, 3.8) is 0 Å². The SMILES string of the molecule is Cc1ccc(Nc2ccccc2Cl)cc1. The third-order valence-corrected chi connectivity index (χ3v) is 2.53. The van der Waals surface area contributed by atoms with Gasteiger partial charge in [0.2, 0.25) is 0 Å². The van der Waals surface area contributed by atoms with E-state index in [4.69, 9.17) is 11.6 Å². The summed E-state index contributed by atoms with van der Waals surface area (Å²) in [7, 11) is 0. The van der Waals surface area contributed by atoms with Crippen LogP contribution in [0.25, 0.3) is 0 Å². The van der Waals surface area contributed by atoms with Crippen molar-refractivity contribution in [2.24, 2.45) is 0 Å². The first kappa shape index (κ1) is 10.1. The minimum absolute atomic E-state index is 0.734. The van der Waals surface area contributed by atoms with E-state index in [0.717, 1.165) is 16.4 Å². The Bertz CT molecular complexity index is 448. The lowest BCUT2D eigenvalue weighted by Crippen LogP contribution is -1.90. The number of aryl methyl sites for hydroxylation is 1. The van der Waals surface area contributed by atoms with Gasteiger partial charge >= 0.3 is 0 Å². The van der Waals surface area contributed by atoms with E-state index in [1.165, 1.54) is 5.56 Å². The summed E-state index contributed by atoms with van der Waals surface area (Å²) in [5.74, 6) is 0. The molecule has 2 heteroatoms. The van der Waals surface area contributed by atoms with Crippen LogP contribution in [-0.4, -0.2) is 0 Å². The molecule has 0 radical (unpaired) electrons. The topological polar surface area (TPSA) is 12.0 Å². The molecule has 76 valence electrons. The first-order chi connectivity index (χ1) is 7.25. The first-order valence-corrected chi connectivity index (χ1v) is 5.22. The number of hydrogen-bond donors (Lipinski definition) is 1. The molecule has 0 spiro atoms. The summed E-state index contributed by atoms with van der Waals surface area (Å²) in [5.41, 5.74) is 3.23. The van der Waals surface area contributed by atoms with Gasteiger partial charge in [0.1, 0.15) is 0 Å². The fourth-order valence-corrected chi connectivity index (χ4v) is 1.54. The molecule has 0 fully saturated rings. The number of halogens is 1.